The number of thiophene rings is 1. The molecule has 0 bridgehead atoms. The second-order valence-electron chi connectivity index (χ2n) is 6.20. The van der Waals surface area contributed by atoms with E-state index in [1.54, 1.807) is 0 Å². The molecule has 1 aromatic carbocycles. The topological polar surface area (TPSA) is 66.8 Å². The highest BCUT2D eigenvalue weighted by Crippen LogP contribution is 2.34. The number of hydrogen-bond acceptors (Lipinski definition) is 5. The van der Waals surface area contributed by atoms with Crippen molar-refractivity contribution in [2.75, 3.05) is 13.7 Å². The molecule has 25 heavy (non-hydrogen) atoms. The third kappa shape index (κ3) is 3.60. The Balaban J connectivity index is 1.88. The minimum Gasteiger partial charge on any atom is -0.467 e. The Morgan fingerprint density at radius 2 is 2.00 bits per heavy atom. The summed E-state index contributed by atoms with van der Waals surface area (Å²) in [6.45, 7) is 2.32. The van der Waals surface area contributed by atoms with Gasteiger partial charge in [0.15, 0.2) is 0 Å². The molecule has 1 aliphatic rings. The van der Waals surface area contributed by atoms with Crippen LogP contribution in [0.2, 0.25) is 0 Å². The number of aliphatic hydroxyl groups excluding tert-OH is 1. The fourth-order valence-electron chi connectivity index (χ4n) is 3.15. The van der Waals surface area contributed by atoms with Gasteiger partial charge in [-0.1, -0.05) is 30.3 Å². The molecule has 1 fully saturated rings. The lowest BCUT2D eigenvalue weighted by molar-refractivity contribution is -0.148. The van der Waals surface area contributed by atoms with E-state index in [-0.39, 0.29) is 12.3 Å². The summed E-state index contributed by atoms with van der Waals surface area (Å²) >= 11 is 1.43. The first-order chi connectivity index (χ1) is 12.0. The number of hydrogen-bond donors (Lipinski definition) is 1. The second kappa shape index (κ2) is 7.37. The molecule has 0 unspecified atom stereocenters. The molecule has 6 heteroatoms. The number of nitrogens with zero attached hydrogens (tertiary/aromatic N) is 1. The van der Waals surface area contributed by atoms with Crippen molar-refractivity contribution in [2.45, 2.75) is 31.9 Å². The quantitative estimate of drug-likeness (QED) is 0.856. The van der Waals surface area contributed by atoms with Crippen molar-refractivity contribution in [1.82, 2.24) is 4.90 Å². The van der Waals surface area contributed by atoms with E-state index in [0.717, 1.165) is 16.0 Å². The minimum absolute atomic E-state index is 0.183. The average molecular weight is 359 g/mol. The van der Waals surface area contributed by atoms with Gasteiger partial charge in [-0.2, -0.15) is 0 Å². The van der Waals surface area contributed by atoms with Gasteiger partial charge < -0.3 is 14.7 Å². The second-order valence-corrected chi connectivity index (χ2v) is 7.26. The molecule has 1 aliphatic heterocycles. The fraction of sp³-hybridized carbons (Fsp3) is 0.368. The summed E-state index contributed by atoms with van der Waals surface area (Å²) < 4.78 is 4.81. The Bertz CT molecular complexity index is 771. The summed E-state index contributed by atoms with van der Waals surface area (Å²) in [4.78, 5) is 28.2. The van der Waals surface area contributed by atoms with E-state index in [9.17, 15) is 14.7 Å². The number of amides is 1. The number of ether oxygens (including phenoxy) is 1. The Morgan fingerprint density at radius 1 is 1.28 bits per heavy atom. The molecule has 0 saturated carbocycles. The van der Waals surface area contributed by atoms with Gasteiger partial charge in [-0.15, -0.1) is 11.3 Å². The zero-order valence-corrected chi connectivity index (χ0v) is 15.1. The molecule has 3 rings (SSSR count). The number of carbonyl (C=O) groups excluding carboxylic acids is 2. The maximum Gasteiger partial charge on any atom is 0.328 e. The molecule has 5 nitrogen and oxygen atoms in total. The number of aliphatic hydroxyl groups is 1. The van der Waals surface area contributed by atoms with Gasteiger partial charge in [0.2, 0.25) is 0 Å². The summed E-state index contributed by atoms with van der Waals surface area (Å²) in [5.74, 6) is -0.666. The van der Waals surface area contributed by atoms with Gasteiger partial charge in [0.05, 0.1) is 18.1 Å². The Kier molecular flexibility index (Phi) is 5.20. The number of rotatable bonds is 3. The standard InChI is InChI=1S/C19H21NO4S/c1-12-10-16(25-17(12)13-6-4-3-5-7-13)18(22)20-9-8-14(21)11-15(20)19(23)24-2/h3-7,10,14-15,21H,8-9,11H2,1-2H3/t14-,15+/m1/s1. The number of methoxy groups -OCH3 is 1. The third-order valence-electron chi connectivity index (χ3n) is 4.47. The molecule has 2 aromatic rings. The van der Waals surface area contributed by atoms with E-state index in [0.29, 0.717) is 17.8 Å². The van der Waals surface area contributed by atoms with Gasteiger partial charge in [-0.05, 0) is 30.5 Å². The smallest absolute Gasteiger partial charge is 0.328 e. The molecule has 2 heterocycles. The highest BCUT2D eigenvalue weighted by Gasteiger charge is 2.37. The summed E-state index contributed by atoms with van der Waals surface area (Å²) in [7, 11) is 1.30. The van der Waals surface area contributed by atoms with Crippen LogP contribution in [-0.2, 0) is 9.53 Å². The van der Waals surface area contributed by atoms with E-state index >= 15 is 0 Å². The number of esters is 1. The summed E-state index contributed by atoms with van der Waals surface area (Å²) in [5.41, 5.74) is 2.11. The van der Waals surface area contributed by atoms with Crippen LogP contribution in [0.1, 0.15) is 28.1 Å². The Morgan fingerprint density at radius 3 is 2.68 bits per heavy atom. The van der Waals surface area contributed by atoms with Crippen LogP contribution >= 0.6 is 11.3 Å². The fourth-order valence-corrected chi connectivity index (χ4v) is 4.29. The highest BCUT2D eigenvalue weighted by atomic mass is 32.1. The van der Waals surface area contributed by atoms with Gasteiger partial charge in [-0.3, -0.25) is 4.79 Å². The van der Waals surface area contributed by atoms with Crippen molar-refractivity contribution >= 4 is 23.2 Å². The molecule has 0 aliphatic carbocycles. The zero-order valence-electron chi connectivity index (χ0n) is 14.3. The van der Waals surface area contributed by atoms with Crippen LogP contribution in [0.4, 0.5) is 0 Å². The molecule has 1 amide bonds. The van der Waals surface area contributed by atoms with Crippen LogP contribution < -0.4 is 0 Å². The zero-order chi connectivity index (χ0) is 18.0. The van der Waals surface area contributed by atoms with Gasteiger partial charge >= 0.3 is 5.97 Å². The van der Waals surface area contributed by atoms with Crippen molar-refractivity contribution in [3.8, 4) is 10.4 Å². The summed E-state index contributed by atoms with van der Waals surface area (Å²) in [5, 5.41) is 9.85. The number of carbonyl (C=O) groups is 2. The highest BCUT2D eigenvalue weighted by molar-refractivity contribution is 7.17. The lowest BCUT2D eigenvalue weighted by atomic mass is 9.99. The van der Waals surface area contributed by atoms with E-state index in [1.165, 1.54) is 23.3 Å². The number of benzene rings is 1. The summed E-state index contributed by atoms with van der Waals surface area (Å²) in [6.07, 6.45) is 0.0989. The third-order valence-corrected chi connectivity index (χ3v) is 5.75. The van der Waals surface area contributed by atoms with E-state index in [2.05, 4.69) is 0 Å². The molecule has 132 valence electrons. The van der Waals surface area contributed by atoms with Crippen LogP contribution in [0.15, 0.2) is 36.4 Å². The molecule has 0 radical (unpaired) electrons. The Hall–Kier alpha value is -2.18. The molecular weight excluding hydrogens is 338 g/mol. The van der Waals surface area contributed by atoms with Crippen LogP contribution in [0.25, 0.3) is 10.4 Å². The van der Waals surface area contributed by atoms with Gasteiger partial charge in [-0.25, -0.2) is 4.79 Å². The molecule has 2 atom stereocenters. The maximum atomic E-state index is 13.0. The average Bonchev–Trinajstić information content (AvgIpc) is 3.03. The van der Waals surface area contributed by atoms with E-state index < -0.39 is 18.1 Å². The molecular formula is C19H21NO4S. The van der Waals surface area contributed by atoms with E-state index in [1.807, 2.05) is 43.3 Å². The predicted molar refractivity (Wildman–Crippen MR) is 96.6 cm³/mol. The van der Waals surface area contributed by atoms with Gasteiger partial charge in [0.1, 0.15) is 6.04 Å². The summed E-state index contributed by atoms with van der Waals surface area (Å²) in [6, 6.07) is 11.1. The van der Waals surface area contributed by atoms with E-state index in [4.69, 9.17) is 4.74 Å². The first kappa shape index (κ1) is 17.6. The van der Waals surface area contributed by atoms with Gasteiger partial charge in [0.25, 0.3) is 5.91 Å². The largest absolute Gasteiger partial charge is 0.467 e. The molecule has 1 N–H and O–H groups in total. The lowest BCUT2D eigenvalue weighted by Gasteiger charge is -2.35. The minimum atomic E-state index is -0.733. The molecule has 1 aromatic heterocycles. The van der Waals surface area contributed by atoms with Crippen molar-refractivity contribution in [1.29, 1.82) is 0 Å². The normalized spacial score (nSPS) is 20.4. The first-order valence-corrected chi connectivity index (χ1v) is 9.05. The SMILES string of the molecule is COC(=O)[C@@H]1C[C@H](O)CCN1C(=O)c1cc(C)c(-c2ccccc2)s1. The van der Waals surface area contributed by atoms with Crippen molar-refractivity contribution in [3.63, 3.8) is 0 Å². The molecule has 0 spiro atoms. The monoisotopic (exact) mass is 359 g/mol. The first-order valence-electron chi connectivity index (χ1n) is 8.24. The van der Waals surface area contributed by atoms with Crippen molar-refractivity contribution in [2.24, 2.45) is 0 Å². The van der Waals surface area contributed by atoms with Crippen molar-refractivity contribution < 1.29 is 19.4 Å². The predicted octanol–water partition coefficient (Wildman–Crippen LogP) is 2.86. The Labute approximate surface area is 150 Å². The van der Waals surface area contributed by atoms with Crippen molar-refractivity contribution in [3.05, 3.63) is 46.8 Å². The number of piperidine rings is 1. The van der Waals surface area contributed by atoms with Gasteiger partial charge in [0, 0.05) is 17.8 Å². The van der Waals surface area contributed by atoms with Crippen LogP contribution in [0.5, 0.6) is 0 Å². The number of likely N-dealkylation sites (tertiary alicyclic amines) is 1. The number of aryl methyl sites for hydroxylation is 1. The van der Waals surface area contributed by atoms with Crippen LogP contribution in [-0.4, -0.2) is 47.7 Å². The molecule has 1 saturated heterocycles. The van der Waals surface area contributed by atoms with Crippen LogP contribution in [0.3, 0.4) is 0 Å². The van der Waals surface area contributed by atoms with Crippen LogP contribution in [0, 0.1) is 6.92 Å². The maximum absolute atomic E-state index is 13.0. The lowest BCUT2D eigenvalue weighted by Crippen LogP contribution is -2.51.